The Hall–Kier alpha value is -7.35. The van der Waals surface area contributed by atoms with Crippen LogP contribution >= 0.6 is 68.0 Å². The number of rotatable bonds is 10. The molecule has 86 heavy (non-hydrogen) atoms. The lowest BCUT2D eigenvalue weighted by molar-refractivity contribution is -0.122. The van der Waals surface area contributed by atoms with Crippen molar-refractivity contribution in [2.75, 3.05) is 26.0 Å². The van der Waals surface area contributed by atoms with Crippen molar-refractivity contribution in [3.05, 3.63) is 111 Å². The summed E-state index contributed by atoms with van der Waals surface area (Å²) in [6.07, 6.45) is -1.16. The number of nitrogens with one attached hydrogen (secondary N) is 7. The Morgan fingerprint density at radius 2 is 1.38 bits per heavy atom. The fourth-order valence-electron chi connectivity index (χ4n) is 10.2. The molecule has 4 atom stereocenters. The van der Waals surface area contributed by atoms with Crippen LogP contribution in [0.3, 0.4) is 0 Å². The van der Waals surface area contributed by atoms with Gasteiger partial charge in [0.15, 0.2) is 0 Å². The summed E-state index contributed by atoms with van der Waals surface area (Å²) in [7, 11) is 2.95. The first-order valence-electron chi connectivity index (χ1n) is 27.2. The average molecular weight is 1280 g/mol. The molecule has 1 saturated heterocycles. The summed E-state index contributed by atoms with van der Waals surface area (Å²) in [6.45, 7) is 13.3. The van der Waals surface area contributed by atoms with E-state index in [1.807, 2.05) is 19.9 Å². The summed E-state index contributed by atoms with van der Waals surface area (Å²) in [5, 5.41) is 41.8. The number of aliphatic hydroxyl groups excluding tert-OH is 1. The van der Waals surface area contributed by atoms with Gasteiger partial charge in [0.25, 0.3) is 17.7 Å². The number of hydrogen-bond acceptors (Lipinski definition) is 23. The maximum absolute atomic E-state index is 14.3. The fraction of sp³-hybridized carbons (Fsp3) is 0.386. The molecule has 0 unspecified atom stereocenters. The molecule has 10 rings (SSSR count). The van der Waals surface area contributed by atoms with Crippen molar-refractivity contribution < 1.29 is 43.3 Å². The summed E-state index contributed by atoms with van der Waals surface area (Å²) in [6, 6.07) is 9.59. The molecular formula is C57H62N14O9S6. The van der Waals surface area contributed by atoms with E-state index in [2.05, 4.69) is 64.9 Å². The summed E-state index contributed by atoms with van der Waals surface area (Å²) in [4.78, 5) is 118. The molecule has 29 heteroatoms. The first kappa shape index (κ1) is 61.7. The number of aryl methyl sites for hydroxylation is 1. The minimum absolute atomic E-state index is 0.00294. The lowest BCUT2D eigenvalue weighted by Gasteiger charge is -2.45. The third-order valence-corrected chi connectivity index (χ3v) is 19.6. The topological polar surface area (TPSA) is 316 Å². The second-order valence-corrected chi connectivity index (χ2v) is 27.9. The highest BCUT2D eigenvalue weighted by atomic mass is 32.1. The number of methoxy groups -OCH3 is 1. The van der Waals surface area contributed by atoms with Crippen molar-refractivity contribution in [3.63, 3.8) is 0 Å². The Balaban J connectivity index is 1.02. The Labute approximate surface area is 518 Å². The van der Waals surface area contributed by atoms with Gasteiger partial charge in [0.2, 0.25) is 11.8 Å². The highest BCUT2D eigenvalue weighted by molar-refractivity contribution is 7.15. The van der Waals surface area contributed by atoms with Gasteiger partial charge in [-0.3, -0.25) is 29.3 Å². The lowest BCUT2D eigenvalue weighted by Crippen LogP contribution is -2.59. The Morgan fingerprint density at radius 3 is 2.12 bits per heavy atom. The normalized spacial score (nSPS) is 18.7. The summed E-state index contributed by atoms with van der Waals surface area (Å²) >= 11 is 7.25. The quantitative estimate of drug-likeness (QED) is 0.0632. The SMILES string of the molecule is CNC(=O)C[C@@H]1NC(=O)c2csc(n2)-c2ccc(-c3nc(NC(=O)OC4CC(C)(C)NC(C)(C)C4)cs3)nc2-c2csc(n2)-c2csc(n2)[C@H]([C@@H](O)c2ccccc2)NC(=O)CNC(=O)c2nc(sc2COC)[C@H](C(C)C)NC(=O)c2nc1sc2C. The number of nitrogens with zero attached hydrogens (tertiary/aromatic N) is 7. The van der Waals surface area contributed by atoms with E-state index >= 15 is 0 Å². The van der Waals surface area contributed by atoms with Crippen LogP contribution in [0.2, 0.25) is 0 Å². The van der Waals surface area contributed by atoms with E-state index in [-0.39, 0.29) is 59.0 Å². The summed E-state index contributed by atoms with van der Waals surface area (Å²) in [5.74, 6) is -2.82. The van der Waals surface area contributed by atoms with Gasteiger partial charge in [-0.15, -0.1) is 68.0 Å². The molecule has 2 aliphatic rings. The number of piperidine rings is 1. The number of pyridine rings is 1. The molecule has 9 heterocycles. The first-order valence-corrected chi connectivity index (χ1v) is 32.4. The largest absolute Gasteiger partial charge is 0.446 e. The van der Waals surface area contributed by atoms with Crippen molar-refractivity contribution in [3.8, 4) is 43.4 Å². The number of benzene rings is 1. The molecule has 0 radical (unpaired) electrons. The third-order valence-electron chi connectivity index (χ3n) is 13.9. The molecule has 6 amide bonds. The van der Waals surface area contributed by atoms with Gasteiger partial charge in [-0.05, 0) is 58.2 Å². The van der Waals surface area contributed by atoms with Crippen LogP contribution in [0, 0.1) is 12.8 Å². The van der Waals surface area contributed by atoms with Crippen molar-refractivity contribution in [1.82, 2.24) is 66.8 Å². The zero-order valence-corrected chi connectivity index (χ0v) is 53.0. The number of aliphatic hydroxyl groups is 1. The smallest absolute Gasteiger partial charge is 0.413 e. The maximum atomic E-state index is 14.3. The van der Waals surface area contributed by atoms with E-state index in [4.69, 9.17) is 44.4 Å². The Kier molecular flexibility index (Phi) is 18.6. The molecule has 0 spiro atoms. The highest BCUT2D eigenvalue weighted by Crippen LogP contribution is 2.40. The molecule has 0 saturated carbocycles. The van der Waals surface area contributed by atoms with Crippen LogP contribution in [0.1, 0.15) is 147 Å². The first-order chi connectivity index (χ1) is 41.0. The molecule has 8 aromatic rings. The van der Waals surface area contributed by atoms with Gasteiger partial charge >= 0.3 is 6.09 Å². The average Bonchev–Trinajstić information content (AvgIpc) is 3.60. The zero-order chi connectivity index (χ0) is 61.2. The number of aromatic nitrogens is 7. The molecule has 7 aromatic heterocycles. The third kappa shape index (κ3) is 14.2. The molecule has 450 valence electrons. The Bertz CT molecular complexity index is 3810. The van der Waals surface area contributed by atoms with Crippen LogP contribution in [0.4, 0.5) is 10.6 Å². The predicted molar refractivity (Wildman–Crippen MR) is 331 cm³/mol. The summed E-state index contributed by atoms with van der Waals surface area (Å²) in [5.41, 5.74) is 2.33. The number of thiazole rings is 6. The molecule has 8 N–H and O–H groups in total. The van der Waals surface area contributed by atoms with E-state index in [1.165, 1.54) is 70.8 Å². The van der Waals surface area contributed by atoms with E-state index in [0.29, 0.717) is 86.5 Å². The van der Waals surface area contributed by atoms with Crippen molar-refractivity contribution in [1.29, 1.82) is 0 Å². The number of hydrogen-bond donors (Lipinski definition) is 8. The fourth-order valence-corrected chi connectivity index (χ4v) is 15.7. The van der Waals surface area contributed by atoms with E-state index in [9.17, 15) is 33.9 Å². The number of fused-ring (bicyclic) bond motifs is 14. The molecule has 1 aromatic carbocycles. The Morgan fingerprint density at radius 1 is 0.698 bits per heavy atom. The minimum atomic E-state index is -1.27. The monoisotopic (exact) mass is 1280 g/mol. The molecule has 23 nitrogen and oxygen atoms in total. The minimum Gasteiger partial charge on any atom is -0.446 e. The molecular weight excluding hydrogens is 1220 g/mol. The van der Waals surface area contributed by atoms with Crippen LogP contribution in [0.15, 0.2) is 64.0 Å². The number of amides is 6. The number of anilines is 1. The van der Waals surface area contributed by atoms with Crippen LogP contribution in [0.5, 0.6) is 0 Å². The predicted octanol–water partition coefficient (Wildman–Crippen LogP) is 9.17. The number of carbonyl (C=O) groups is 6. The van der Waals surface area contributed by atoms with Gasteiger partial charge < -0.3 is 46.5 Å². The van der Waals surface area contributed by atoms with E-state index in [0.717, 1.165) is 11.3 Å². The van der Waals surface area contributed by atoms with E-state index < -0.39 is 66.4 Å². The molecule has 1 fully saturated rings. The second kappa shape index (κ2) is 25.9. The van der Waals surface area contributed by atoms with Crippen LogP contribution < -0.4 is 37.2 Å². The van der Waals surface area contributed by atoms with Crippen molar-refractivity contribution in [2.45, 2.75) is 116 Å². The molecule has 10 bridgehead atoms. The summed E-state index contributed by atoms with van der Waals surface area (Å²) < 4.78 is 11.4. The van der Waals surface area contributed by atoms with Gasteiger partial charge in [-0.25, -0.2) is 39.7 Å². The van der Waals surface area contributed by atoms with Gasteiger partial charge in [0.05, 0.1) is 42.2 Å². The van der Waals surface area contributed by atoms with Crippen molar-refractivity contribution >= 4 is 109 Å². The van der Waals surface area contributed by atoms with Gasteiger partial charge in [-0.1, -0.05) is 44.2 Å². The van der Waals surface area contributed by atoms with Crippen LogP contribution in [-0.2, 0) is 25.7 Å². The maximum Gasteiger partial charge on any atom is 0.413 e. The zero-order valence-electron chi connectivity index (χ0n) is 48.1. The van der Waals surface area contributed by atoms with Gasteiger partial charge in [-0.2, -0.15) is 0 Å². The number of carbonyl (C=O) groups excluding carboxylic acids is 6. The lowest BCUT2D eigenvalue weighted by atomic mass is 9.81. The molecule has 0 aliphatic carbocycles. The van der Waals surface area contributed by atoms with E-state index in [1.54, 1.807) is 64.8 Å². The molecule has 2 aliphatic heterocycles. The van der Waals surface area contributed by atoms with Gasteiger partial charge in [0, 0.05) is 70.0 Å². The second-order valence-electron chi connectivity index (χ2n) is 22.1. The van der Waals surface area contributed by atoms with Gasteiger partial charge in [0.1, 0.15) is 88.3 Å². The number of ether oxygens (including phenoxy) is 2. The van der Waals surface area contributed by atoms with Crippen molar-refractivity contribution in [2.24, 2.45) is 5.92 Å². The standard InChI is InChI=1S/C57H62N14O9S6/c1-26(2)40-54-70-43(36(86-54)21-79-9)47(76)59-20-39(73)67-44(45(74)28-13-11-10-12-14-28)53-64-35(24-83-53)51-62-33(22-82-51)42-30(15-16-31(60-42)50-65-37(25-84-50)66-55(78)80-29-18-56(4,5)71-57(6,7)19-29)49-63-34(23-81-49)46(75)61-32(17-38(72)58-8)52-69-41(27(3)85-52)48(77)68-40/h10-16,22-26,29,32,40,44-45,71,74H,17-21H2,1-9H3,(H,58,72)(H,59,76)(H,61,75)(H,66,78)(H,67,73)(H,68,77)/t32-,40-,44-,45-/m0/s1. The highest BCUT2D eigenvalue weighted by Gasteiger charge is 2.40. The van der Waals surface area contributed by atoms with Crippen LogP contribution in [0.25, 0.3) is 43.4 Å². The van der Waals surface area contributed by atoms with Crippen LogP contribution in [-0.4, -0.2) is 114 Å².